The van der Waals surface area contributed by atoms with Gasteiger partial charge in [0.15, 0.2) is 11.5 Å². The topological polar surface area (TPSA) is 97.8 Å². The second-order valence-electron chi connectivity index (χ2n) is 8.38. The van der Waals surface area contributed by atoms with Gasteiger partial charge in [-0.05, 0) is 56.1 Å². The number of aliphatic hydroxyl groups excluding tert-OH is 1. The Bertz CT molecular complexity index is 1130. The number of ketones is 1. The highest BCUT2D eigenvalue weighted by Crippen LogP contribution is 2.45. The molecule has 9 heteroatoms. The Morgan fingerprint density at radius 1 is 1.06 bits per heavy atom. The molecule has 1 amide bonds. The Kier molecular flexibility index (Phi) is 8.60. The van der Waals surface area contributed by atoms with E-state index in [9.17, 15) is 14.7 Å². The van der Waals surface area contributed by atoms with Gasteiger partial charge in [-0.25, -0.2) is 0 Å². The van der Waals surface area contributed by atoms with E-state index in [1.54, 1.807) is 42.5 Å². The fraction of sp³-hybridized carbons (Fsp3) is 0.333. The lowest BCUT2D eigenvalue weighted by molar-refractivity contribution is -0.140. The third-order valence-electron chi connectivity index (χ3n) is 5.83. The summed E-state index contributed by atoms with van der Waals surface area (Å²) < 4.78 is 21.9. The van der Waals surface area contributed by atoms with Crippen LogP contribution in [-0.4, -0.2) is 81.7 Å². The van der Waals surface area contributed by atoms with Gasteiger partial charge in [0, 0.05) is 18.7 Å². The molecule has 36 heavy (non-hydrogen) atoms. The lowest BCUT2D eigenvalue weighted by Crippen LogP contribution is -2.35. The third-order valence-corrected chi connectivity index (χ3v) is 5.83. The molecule has 0 aliphatic carbocycles. The number of Topliss-reactive ketones (excluding diaryl/α,β-unsaturated/α-hetero) is 1. The maximum Gasteiger partial charge on any atom is 0.295 e. The summed E-state index contributed by atoms with van der Waals surface area (Å²) in [4.78, 5) is 29.8. The van der Waals surface area contributed by atoms with Crippen LogP contribution in [0.4, 0.5) is 0 Å². The van der Waals surface area contributed by atoms with Crippen LogP contribution < -0.4 is 18.9 Å². The minimum atomic E-state index is -0.865. The molecular weight excluding hydrogens is 464 g/mol. The molecule has 1 heterocycles. The summed E-state index contributed by atoms with van der Waals surface area (Å²) in [5.41, 5.74) is 0.895. The highest BCUT2D eigenvalue weighted by molar-refractivity contribution is 6.46. The molecular formula is C27H32N2O7. The van der Waals surface area contributed by atoms with Gasteiger partial charge in [0.2, 0.25) is 5.75 Å². The van der Waals surface area contributed by atoms with Crippen LogP contribution in [-0.2, 0) is 9.59 Å². The molecule has 0 bridgehead atoms. The molecule has 1 saturated heterocycles. The molecule has 0 aromatic heterocycles. The SMILES string of the molecule is C=CCOc1ccc(/C(O)=C2\C(=O)C(=O)N(CCN(C)C)[C@H]2c2cc(OC)c(OC)c(OC)c2)cc1. The first kappa shape index (κ1) is 26.6. The molecule has 9 nitrogen and oxygen atoms in total. The van der Waals surface area contributed by atoms with Gasteiger partial charge in [0.05, 0.1) is 32.9 Å². The van der Waals surface area contributed by atoms with Gasteiger partial charge < -0.3 is 33.9 Å². The summed E-state index contributed by atoms with van der Waals surface area (Å²) in [6.07, 6.45) is 1.63. The van der Waals surface area contributed by atoms with Crippen LogP contribution >= 0.6 is 0 Å². The number of hydrogen-bond acceptors (Lipinski definition) is 8. The predicted molar refractivity (Wildman–Crippen MR) is 136 cm³/mol. The molecule has 1 atom stereocenters. The van der Waals surface area contributed by atoms with Crippen molar-refractivity contribution in [2.24, 2.45) is 0 Å². The lowest BCUT2D eigenvalue weighted by Gasteiger charge is -2.27. The number of nitrogens with zero attached hydrogens (tertiary/aromatic N) is 2. The maximum absolute atomic E-state index is 13.3. The van der Waals surface area contributed by atoms with E-state index in [1.807, 2.05) is 19.0 Å². The Hall–Kier alpha value is -3.98. The highest BCUT2D eigenvalue weighted by atomic mass is 16.5. The van der Waals surface area contributed by atoms with E-state index >= 15 is 0 Å². The minimum Gasteiger partial charge on any atom is -0.507 e. The Morgan fingerprint density at radius 2 is 1.67 bits per heavy atom. The Morgan fingerprint density at radius 3 is 2.17 bits per heavy atom. The average Bonchev–Trinajstić information content (AvgIpc) is 3.14. The number of hydrogen-bond donors (Lipinski definition) is 1. The van der Waals surface area contributed by atoms with Crippen LogP contribution in [0.1, 0.15) is 17.2 Å². The smallest absolute Gasteiger partial charge is 0.295 e. The Balaban J connectivity index is 2.18. The van der Waals surface area contributed by atoms with E-state index in [1.165, 1.54) is 26.2 Å². The monoisotopic (exact) mass is 496 g/mol. The van der Waals surface area contributed by atoms with Crippen LogP contribution in [0.5, 0.6) is 23.0 Å². The molecule has 192 valence electrons. The molecule has 3 rings (SSSR count). The number of likely N-dealkylation sites (tertiary alicyclic amines) is 1. The van der Waals surface area contributed by atoms with E-state index in [2.05, 4.69) is 6.58 Å². The summed E-state index contributed by atoms with van der Waals surface area (Å²) in [5.74, 6) is -0.0412. The van der Waals surface area contributed by atoms with Crippen molar-refractivity contribution in [1.29, 1.82) is 0 Å². The van der Waals surface area contributed by atoms with Crippen LogP contribution in [0.25, 0.3) is 5.76 Å². The molecule has 0 radical (unpaired) electrons. The Labute approximate surface area is 211 Å². The van der Waals surface area contributed by atoms with Gasteiger partial charge >= 0.3 is 0 Å². The molecule has 0 unspecified atom stereocenters. The van der Waals surface area contributed by atoms with Crippen molar-refractivity contribution in [2.75, 3.05) is 55.1 Å². The molecule has 1 aliphatic heterocycles. The van der Waals surface area contributed by atoms with E-state index < -0.39 is 17.7 Å². The molecule has 1 fully saturated rings. The highest BCUT2D eigenvalue weighted by Gasteiger charge is 2.46. The van der Waals surface area contributed by atoms with Gasteiger partial charge in [-0.15, -0.1) is 0 Å². The zero-order valence-electron chi connectivity index (χ0n) is 21.2. The molecule has 2 aromatic carbocycles. The number of rotatable bonds is 11. The van der Waals surface area contributed by atoms with Gasteiger partial charge in [-0.3, -0.25) is 9.59 Å². The predicted octanol–water partition coefficient (Wildman–Crippen LogP) is 3.26. The third kappa shape index (κ3) is 5.31. The lowest BCUT2D eigenvalue weighted by atomic mass is 9.94. The van der Waals surface area contributed by atoms with Gasteiger partial charge in [-0.2, -0.15) is 0 Å². The van der Waals surface area contributed by atoms with Crippen molar-refractivity contribution < 1.29 is 33.6 Å². The number of carbonyl (C=O) groups excluding carboxylic acids is 2. The van der Waals surface area contributed by atoms with Crippen LogP contribution in [0.3, 0.4) is 0 Å². The standard InChI is InChI=1S/C27H32N2O7/c1-7-14-36-19-10-8-17(9-11-19)24(30)22-23(29(13-12-28(2)3)27(32)25(22)31)18-15-20(33-4)26(35-6)21(16-18)34-5/h7-11,15-16,23,30H,1,12-14H2,2-6H3/b24-22+/t23-/m0/s1. The summed E-state index contributed by atoms with van der Waals surface area (Å²) in [6, 6.07) is 9.11. The van der Waals surface area contributed by atoms with Crippen molar-refractivity contribution in [2.45, 2.75) is 6.04 Å². The van der Waals surface area contributed by atoms with Crippen molar-refractivity contribution >= 4 is 17.4 Å². The van der Waals surface area contributed by atoms with E-state index in [0.717, 1.165) is 0 Å². The second kappa shape index (κ2) is 11.6. The van der Waals surface area contributed by atoms with Crippen molar-refractivity contribution in [3.05, 3.63) is 65.8 Å². The fourth-order valence-corrected chi connectivity index (χ4v) is 4.04. The average molecular weight is 497 g/mol. The first-order valence-electron chi connectivity index (χ1n) is 11.3. The van der Waals surface area contributed by atoms with Crippen molar-refractivity contribution in [3.63, 3.8) is 0 Å². The van der Waals surface area contributed by atoms with E-state index in [4.69, 9.17) is 18.9 Å². The number of amides is 1. The molecule has 0 spiro atoms. The van der Waals surface area contributed by atoms with Crippen LogP contribution in [0.15, 0.2) is 54.6 Å². The van der Waals surface area contributed by atoms with Crippen LogP contribution in [0, 0.1) is 0 Å². The van der Waals surface area contributed by atoms with Crippen molar-refractivity contribution in [3.8, 4) is 23.0 Å². The molecule has 0 saturated carbocycles. The van der Waals surface area contributed by atoms with Crippen LogP contribution in [0.2, 0.25) is 0 Å². The van der Waals surface area contributed by atoms with E-state index in [-0.39, 0.29) is 17.9 Å². The summed E-state index contributed by atoms with van der Waals surface area (Å²) >= 11 is 0. The molecule has 2 aromatic rings. The number of methoxy groups -OCH3 is 3. The molecule has 1 N–H and O–H groups in total. The number of benzene rings is 2. The number of ether oxygens (including phenoxy) is 4. The second-order valence-corrected chi connectivity index (χ2v) is 8.38. The van der Waals surface area contributed by atoms with Gasteiger partial charge in [0.1, 0.15) is 18.1 Å². The first-order chi connectivity index (χ1) is 17.3. The van der Waals surface area contributed by atoms with Crippen molar-refractivity contribution in [1.82, 2.24) is 9.80 Å². The largest absolute Gasteiger partial charge is 0.507 e. The van der Waals surface area contributed by atoms with Gasteiger partial charge in [0.25, 0.3) is 11.7 Å². The molecule has 1 aliphatic rings. The zero-order valence-corrected chi connectivity index (χ0v) is 21.2. The first-order valence-corrected chi connectivity index (χ1v) is 11.3. The summed E-state index contributed by atoms with van der Waals surface area (Å²) in [7, 11) is 8.22. The number of likely N-dealkylation sites (N-methyl/N-ethyl adjacent to an activating group) is 1. The zero-order chi connectivity index (χ0) is 26.4. The van der Waals surface area contributed by atoms with E-state index in [0.29, 0.717) is 47.3 Å². The normalized spacial score (nSPS) is 16.8. The fourth-order valence-electron chi connectivity index (χ4n) is 4.04. The summed E-state index contributed by atoms with van der Waals surface area (Å²) in [5, 5.41) is 11.3. The number of carbonyl (C=O) groups is 2. The maximum atomic E-state index is 13.3. The van der Waals surface area contributed by atoms with Gasteiger partial charge in [-0.1, -0.05) is 12.7 Å². The summed E-state index contributed by atoms with van der Waals surface area (Å²) in [6.45, 7) is 4.74. The quantitative estimate of drug-likeness (QED) is 0.219. The minimum absolute atomic E-state index is 0.0206. The number of aliphatic hydroxyl groups is 1.